The van der Waals surface area contributed by atoms with Crippen LogP contribution in [0.1, 0.15) is 38.7 Å². The Bertz CT molecular complexity index is 1230. The van der Waals surface area contributed by atoms with Crippen molar-refractivity contribution in [3.63, 3.8) is 0 Å². The lowest BCUT2D eigenvalue weighted by Crippen LogP contribution is -2.48. The van der Waals surface area contributed by atoms with Gasteiger partial charge in [0.2, 0.25) is 5.91 Å². The zero-order chi connectivity index (χ0) is 22.1. The van der Waals surface area contributed by atoms with Gasteiger partial charge in [-0.2, -0.15) is 0 Å². The van der Waals surface area contributed by atoms with E-state index in [4.69, 9.17) is 0 Å². The quantitative estimate of drug-likeness (QED) is 0.567. The zero-order valence-corrected chi connectivity index (χ0v) is 18.6. The van der Waals surface area contributed by atoms with E-state index in [1.54, 1.807) is 5.01 Å². The Kier molecular flexibility index (Phi) is 4.08. The maximum atomic E-state index is 14.1. The van der Waals surface area contributed by atoms with Crippen molar-refractivity contribution in [1.29, 1.82) is 0 Å². The molecule has 1 saturated heterocycles. The molecule has 3 aliphatic rings. The molecule has 3 aromatic rings. The van der Waals surface area contributed by atoms with Gasteiger partial charge in [0, 0.05) is 0 Å². The highest BCUT2D eigenvalue weighted by atomic mass is 16.2. The first-order valence-corrected chi connectivity index (χ1v) is 11.6. The summed E-state index contributed by atoms with van der Waals surface area (Å²) in [5.74, 6) is 0.593. The van der Waals surface area contributed by atoms with Gasteiger partial charge in [0.15, 0.2) is 0 Å². The number of amides is 2. The fourth-order valence-corrected chi connectivity index (χ4v) is 6.97. The maximum Gasteiger partial charge on any atom is 0.254 e. The summed E-state index contributed by atoms with van der Waals surface area (Å²) in [4.78, 5) is 28.0. The number of rotatable bonds is 3. The summed E-state index contributed by atoms with van der Waals surface area (Å²) >= 11 is 0. The molecular weight excluding hydrogens is 396 g/mol. The largest absolute Gasteiger partial charge is 0.273 e. The van der Waals surface area contributed by atoms with Crippen molar-refractivity contribution in [3.8, 4) is 0 Å². The van der Waals surface area contributed by atoms with Crippen LogP contribution in [0.3, 0.4) is 0 Å². The predicted octanol–water partition coefficient (Wildman–Crippen LogP) is 5.37. The molecule has 2 bridgehead atoms. The highest BCUT2D eigenvalue weighted by Crippen LogP contribution is 2.70. The van der Waals surface area contributed by atoms with Crippen LogP contribution < -0.4 is 5.01 Å². The number of hydrazine groups is 1. The fraction of sp³-hybridized carbons (Fsp3) is 0.357. The van der Waals surface area contributed by atoms with E-state index >= 15 is 0 Å². The first-order chi connectivity index (χ1) is 15.4. The molecule has 2 saturated carbocycles. The molecule has 1 spiro atoms. The Balaban J connectivity index is 1.44. The van der Waals surface area contributed by atoms with E-state index in [0.717, 1.165) is 41.3 Å². The molecule has 0 aromatic heterocycles. The monoisotopic (exact) mass is 424 g/mol. The van der Waals surface area contributed by atoms with Gasteiger partial charge in [-0.25, -0.2) is 10.0 Å². The van der Waals surface area contributed by atoms with Gasteiger partial charge >= 0.3 is 0 Å². The van der Waals surface area contributed by atoms with Crippen LogP contribution in [0.2, 0.25) is 0 Å². The Labute approximate surface area is 188 Å². The SMILES string of the molecule is CC1(C)[C@@H]2CC[C@]13C(=O)N(c1ccccc1)N(C(=O)Cc1cccc4ccccc14)[C@@H]3C2. The van der Waals surface area contributed by atoms with E-state index in [9.17, 15) is 9.59 Å². The molecule has 4 heteroatoms. The minimum atomic E-state index is -0.484. The number of anilines is 1. The molecule has 2 amide bonds. The first kappa shape index (κ1) is 19.5. The number of para-hydroxylation sites is 1. The number of benzene rings is 3. The summed E-state index contributed by atoms with van der Waals surface area (Å²) < 4.78 is 0. The van der Waals surface area contributed by atoms with E-state index in [0.29, 0.717) is 5.92 Å². The highest BCUT2D eigenvalue weighted by Gasteiger charge is 2.75. The number of fused-ring (bicyclic) bond motifs is 2. The fourth-order valence-electron chi connectivity index (χ4n) is 6.97. The lowest BCUT2D eigenvalue weighted by molar-refractivity contribution is -0.134. The van der Waals surface area contributed by atoms with Gasteiger partial charge in [-0.1, -0.05) is 74.5 Å². The van der Waals surface area contributed by atoms with Gasteiger partial charge in [0.25, 0.3) is 5.91 Å². The second kappa shape index (κ2) is 6.68. The van der Waals surface area contributed by atoms with Crippen molar-refractivity contribution in [2.75, 3.05) is 5.01 Å². The summed E-state index contributed by atoms with van der Waals surface area (Å²) in [5, 5.41) is 5.78. The van der Waals surface area contributed by atoms with Gasteiger partial charge in [-0.05, 0) is 59.1 Å². The van der Waals surface area contributed by atoms with Gasteiger partial charge in [0.1, 0.15) is 0 Å². The van der Waals surface area contributed by atoms with Crippen molar-refractivity contribution < 1.29 is 9.59 Å². The van der Waals surface area contributed by atoms with Crippen LogP contribution in [-0.2, 0) is 16.0 Å². The molecule has 1 heterocycles. The van der Waals surface area contributed by atoms with E-state index in [2.05, 4.69) is 32.0 Å². The summed E-state index contributed by atoms with van der Waals surface area (Å²) in [7, 11) is 0. The second-order valence-corrected chi connectivity index (χ2v) is 10.2. The molecule has 6 rings (SSSR count). The van der Waals surface area contributed by atoms with Crippen LogP contribution >= 0.6 is 0 Å². The molecule has 4 nitrogen and oxygen atoms in total. The Hall–Kier alpha value is -3.14. The third-order valence-corrected chi connectivity index (χ3v) is 8.70. The number of carbonyl (C=O) groups is 2. The third kappa shape index (κ3) is 2.38. The average Bonchev–Trinajstić information content (AvgIpc) is 3.33. The lowest BCUT2D eigenvalue weighted by atomic mass is 9.67. The number of hydrogen-bond donors (Lipinski definition) is 0. The van der Waals surface area contributed by atoms with Crippen LogP contribution in [0.5, 0.6) is 0 Å². The first-order valence-electron chi connectivity index (χ1n) is 11.6. The predicted molar refractivity (Wildman–Crippen MR) is 126 cm³/mol. The van der Waals surface area contributed by atoms with Crippen molar-refractivity contribution >= 4 is 28.3 Å². The molecule has 162 valence electrons. The van der Waals surface area contributed by atoms with Crippen LogP contribution in [-0.4, -0.2) is 22.9 Å². The average molecular weight is 425 g/mol. The lowest BCUT2D eigenvalue weighted by Gasteiger charge is -2.35. The van der Waals surface area contributed by atoms with E-state index < -0.39 is 5.41 Å². The van der Waals surface area contributed by atoms with Crippen LogP contribution in [0.4, 0.5) is 5.69 Å². The zero-order valence-electron chi connectivity index (χ0n) is 18.6. The van der Waals surface area contributed by atoms with E-state index in [-0.39, 0.29) is 29.7 Å². The van der Waals surface area contributed by atoms with Crippen molar-refractivity contribution in [2.45, 2.75) is 45.6 Å². The van der Waals surface area contributed by atoms with Gasteiger partial charge in [0.05, 0.1) is 23.6 Å². The topological polar surface area (TPSA) is 40.6 Å². The maximum absolute atomic E-state index is 14.1. The molecule has 0 unspecified atom stereocenters. The van der Waals surface area contributed by atoms with E-state index in [1.807, 2.05) is 59.6 Å². The third-order valence-electron chi connectivity index (χ3n) is 8.70. The summed E-state index contributed by atoms with van der Waals surface area (Å²) in [6, 6.07) is 23.9. The van der Waals surface area contributed by atoms with Gasteiger partial charge < -0.3 is 0 Å². The summed E-state index contributed by atoms with van der Waals surface area (Å²) in [6.45, 7) is 4.48. The standard InChI is InChI=1S/C28H28N2O2/c1-27(2)21-15-16-28(27)24(18-21)30(29(26(28)32)22-12-4-3-5-13-22)25(31)17-20-11-8-10-19-9-6-7-14-23(19)20/h3-14,21,24H,15-18H2,1-2H3/t21-,24-,28+/m1/s1. The van der Waals surface area contributed by atoms with E-state index in [1.165, 1.54) is 0 Å². The molecule has 3 aromatic carbocycles. The van der Waals surface area contributed by atoms with Crippen LogP contribution in [0.15, 0.2) is 72.8 Å². The Morgan fingerprint density at radius 2 is 1.69 bits per heavy atom. The molecule has 3 fully saturated rings. The van der Waals surface area contributed by atoms with Crippen molar-refractivity contribution in [3.05, 3.63) is 78.4 Å². The Morgan fingerprint density at radius 1 is 0.969 bits per heavy atom. The molecule has 0 radical (unpaired) electrons. The highest BCUT2D eigenvalue weighted by molar-refractivity contribution is 6.05. The van der Waals surface area contributed by atoms with Gasteiger partial charge in [-0.3, -0.25) is 9.59 Å². The van der Waals surface area contributed by atoms with Crippen molar-refractivity contribution in [1.82, 2.24) is 5.01 Å². The number of hydrogen-bond acceptors (Lipinski definition) is 2. The molecular formula is C28H28N2O2. The smallest absolute Gasteiger partial charge is 0.254 e. The van der Waals surface area contributed by atoms with Gasteiger partial charge in [-0.15, -0.1) is 0 Å². The number of carbonyl (C=O) groups excluding carboxylic acids is 2. The number of nitrogens with zero attached hydrogens (tertiary/aromatic N) is 2. The summed E-state index contributed by atoms with van der Waals surface area (Å²) in [5.41, 5.74) is 1.21. The molecule has 32 heavy (non-hydrogen) atoms. The normalized spacial score (nSPS) is 27.9. The summed E-state index contributed by atoms with van der Waals surface area (Å²) in [6.07, 6.45) is 3.14. The Morgan fingerprint density at radius 3 is 2.47 bits per heavy atom. The minimum Gasteiger partial charge on any atom is -0.273 e. The molecule has 0 N–H and O–H groups in total. The van der Waals surface area contributed by atoms with Crippen LogP contribution in [0.25, 0.3) is 10.8 Å². The molecule has 1 aliphatic heterocycles. The minimum absolute atomic E-state index is 0.00350. The molecule has 2 aliphatic carbocycles. The van der Waals surface area contributed by atoms with Crippen molar-refractivity contribution in [2.24, 2.45) is 16.7 Å². The second-order valence-electron chi connectivity index (χ2n) is 10.2. The van der Waals surface area contributed by atoms with Crippen LogP contribution in [0, 0.1) is 16.7 Å². The molecule has 3 atom stereocenters.